The maximum atomic E-state index is 14.1. The van der Waals surface area contributed by atoms with Gasteiger partial charge < -0.3 is 20.4 Å². The smallest absolute Gasteiger partial charge is 0.305 e. The first kappa shape index (κ1) is 24.7. The Kier molecular flexibility index (Phi) is 7.12. The normalized spacial score (nSPS) is 25.3. The molecule has 0 aliphatic carbocycles. The second kappa shape index (κ2) is 10.1. The predicted molar refractivity (Wildman–Crippen MR) is 124 cm³/mol. The van der Waals surface area contributed by atoms with E-state index in [2.05, 4.69) is 16.0 Å². The zero-order valence-corrected chi connectivity index (χ0v) is 19.5. The summed E-state index contributed by atoms with van der Waals surface area (Å²) in [5.41, 5.74) is 0. The zero-order valence-electron chi connectivity index (χ0n) is 18.6. The Morgan fingerprint density at radius 3 is 2.83 bits per heavy atom. The third-order valence-corrected chi connectivity index (χ3v) is 7.27. The van der Waals surface area contributed by atoms with E-state index >= 15 is 0 Å². The summed E-state index contributed by atoms with van der Waals surface area (Å²) in [5, 5.41) is 33.0. The lowest BCUT2D eigenvalue weighted by atomic mass is 10.1. The van der Waals surface area contributed by atoms with Gasteiger partial charge in [-0.15, -0.1) is 11.3 Å². The minimum absolute atomic E-state index is 0.0352. The monoisotopic (exact) mass is 503 g/mol. The SMILES string of the molecule is O=C[C@H](CC(=O)O)NC(=O)C1CNCN2C(=O)CCC(NC(=O)c3cc4ccccc4s3)[N+]2([O-])C1. The van der Waals surface area contributed by atoms with E-state index in [-0.39, 0.29) is 32.6 Å². The third-order valence-electron chi connectivity index (χ3n) is 6.15. The van der Waals surface area contributed by atoms with E-state index in [1.165, 1.54) is 11.3 Å². The highest BCUT2D eigenvalue weighted by molar-refractivity contribution is 7.20. The Morgan fingerprint density at radius 2 is 2.11 bits per heavy atom. The van der Waals surface area contributed by atoms with Crippen LogP contribution in [-0.4, -0.2) is 76.8 Å². The first-order valence-electron chi connectivity index (χ1n) is 11.1. The molecule has 4 atom stereocenters. The van der Waals surface area contributed by atoms with Crippen LogP contribution in [0.2, 0.25) is 0 Å². The van der Waals surface area contributed by atoms with Gasteiger partial charge in [0.1, 0.15) is 25.4 Å². The number of carboxylic acids is 1. The lowest BCUT2D eigenvalue weighted by molar-refractivity contribution is -1.01. The van der Waals surface area contributed by atoms with Crippen molar-refractivity contribution in [2.24, 2.45) is 5.92 Å². The molecule has 3 heterocycles. The number of nitrogens with one attached hydrogen (secondary N) is 3. The fourth-order valence-corrected chi connectivity index (χ4v) is 5.36. The van der Waals surface area contributed by atoms with E-state index in [1.54, 1.807) is 6.07 Å². The molecule has 0 saturated carbocycles. The summed E-state index contributed by atoms with van der Waals surface area (Å²) < 4.78 is -0.337. The van der Waals surface area contributed by atoms with Crippen molar-refractivity contribution in [3.8, 4) is 0 Å². The molecule has 0 radical (unpaired) electrons. The Hall–Kier alpha value is -3.39. The lowest BCUT2D eigenvalue weighted by Gasteiger charge is -2.55. The summed E-state index contributed by atoms with van der Waals surface area (Å²) in [5.74, 6) is -3.76. The van der Waals surface area contributed by atoms with Crippen LogP contribution >= 0.6 is 11.3 Å². The second-order valence-electron chi connectivity index (χ2n) is 8.57. The van der Waals surface area contributed by atoms with Gasteiger partial charge in [0, 0.05) is 24.1 Å². The molecule has 3 unspecified atom stereocenters. The van der Waals surface area contributed by atoms with Crippen molar-refractivity contribution in [1.82, 2.24) is 21.0 Å². The topological polar surface area (TPSA) is 168 Å². The van der Waals surface area contributed by atoms with Crippen LogP contribution in [0.3, 0.4) is 0 Å². The number of carboxylic acid groups (broad SMARTS) is 1. The summed E-state index contributed by atoms with van der Waals surface area (Å²) in [4.78, 5) is 60.9. The van der Waals surface area contributed by atoms with Crippen molar-refractivity contribution in [2.45, 2.75) is 31.5 Å². The number of benzene rings is 1. The number of rotatable bonds is 7. The number of nitrogens with zero attached hydrogens (tertiary/aromatic N) is 2. The van der Waals surface area contributed by atoms with Crippen LogP contribution in [0.5, 0.6) is 0 Å². The van der Waals surface area contributed by atoms with E-state index in [9.17, 15) is 29.2 Å². The van der Waals surface area contributed by atoms with E-state index in [1.807, 2.05) is 24.3 Å². The van der Waals surface area contributed by atoms with Gasteiger partial charge in [-0.05, 0) is 17.5 Å². The highest BCUT2D eigenvalue weighted by Crippen LogP contribution is 2.30. The number of carbonyl (C=O) groups is 5. The van der Waals surface area contributed by atoms with E-state index in [0.717, 1.165) is 15.1 Å². The molecule has 1 aromatic carbocycles. The van der Waals surface area contributed by atoms with Gasteiger partial charge in [-0.3, -0.25) is 29.8 Å². The van der Waals surface area contributed by atoms with Crippen molar-refractivity contribution in [3.63, 3.8) is 0 Å². The molecule has 35 heavy (non-hydrogen) atoms. The van der Waals surface area contributed by atoms with Crippen LogP contribution in [0.4, 0.5) is 0 Å². The minimum atomic E-state index is -1.26. The number of aliphatic carboxylic acids is 1. The quantitative estimate of drug-likeness (QED) is 0.235. The van der Waals surface area contributed by atoms with Crippen LogP contribution < -0.4 is 16.0 Å². The van der Waals surface area contributed by atoms with Crippen LogP contribution in [0, 0.1) is 11.1 Å². The number of hydroxylamine groups is 2. The first-order chi connectivity index (χ1) is 16.7. The van der Waals surface area contributed by atoms with Gasteiger partial charge in [0.25, 0.3) is 11.8 Å². The maximum absolute atomic E-state index is 14.1. The molecule has 2 fully saturated rings. The Morgan fingerprint density at radius 1 is 1.34 bits per heavy atom. The fourth-order valence-electron chi connectivity index (χ4n) is 4.39. The molecule has 0 spiro atoms. The molecule has 3 amide bonds. The molecule has 0 bridgehead atoms. The van der Waals surface area contributed by atoms with Crippen LogP contribution in [0.15, 0.2) is 30.3 Å². The van der Waals surface area contributed by atoms with Crippen molar-refractivity contribution in [3.05, 3.63) is 40.4 Å². The fraction of sp³-hybridized carbons (Fsp3) is 0.409. The number of hydrogen-bond donors (Lipinski definition) is 4. The van der Waals surface area contributed by atoms with Crippen LogP contribution in [0.25, 0.3) is 10.1 Å². The highest BCUT2D eigenvalue weighted by atomic mass is 32.1. The Labute approximate surface area is 204 Å². The minimum Gasteiger partial charge on any atom is -0.604 e. The molecule has 2 aromatic rings. The molecule has 2 aliphatic heterocycles. The summed E-state index contributed by atoms with van der Waals surface area (Å²) in [7, 11) is 0. The zero-order chi connectivity index (χ0) is 25.2. The van der Waals surface area contributed by atoms with Crippen molar-refractivity contribution in [1.29, 1.82) is 0 Å². The molecular weight excluding hydrogens is 478 g/mol. The number of aldehydes is 1. The average Bonchev–Trinajstić information content (AvgIpc) is 3.17. The predicted octanol–water partition coefficient (Wildman–Crippen LogP) is 0.145. The van der Waals surface area contributed by atoms with Crippen molar-refractivity contribution >= 4 is 51.4 Å². The highest BCUT2D eigenvalue weighted by Gasteiger charge is 2.48. The van der Waals surface area contributed by atoms with E-state index < -0.39 is 53.0 Å². The molecule has 12 nitrogen and oxygen atoms in total. The van der Waals surface area contributed by atoms with Gasteiger partial charge in [-0.1, -0.05) is 18.2 Å². The van der Waals surface area contributed by atoms with Gasteiger partial charge in [0.05, 0.1) is 17.3 Å². The molecule has 1 aromatic heterocycles. The number of quaternary nitrogens is 1. The van der Waals surface area contributed by atoms with Gasteiger partial charge in [0.2, 0.25) is 5.91 Å². The summed E-state index contributed by atoms with van der Waals surface area (Å²) in [6.07, 6.45) is -1.13. The average molecular weight is 504 g/mol. The van der Waals surface area contributed by atoms with Crippen molar-refractivity contribution in [2.75, 3.05) is 19.8 Å². The number of carbonyl (C=O) groups excluding carboxylic acids is 4. The Balaban J connectivity index is 1.54. The standard InChI is InChI=1S/C22H25N5O7S/c28-11-15(8-20(30)31)24-21(32)14-9-23-12-26-19(29)6-5-18(27(26,34)10-14)25-22(33)17-7-13-3-1-2-4-16(13)35-17/h1-4,7,11,14-15,18,23H,5-6,8-10,12H2,(H,24,32)(H,25,33)(H,30,31)/t14?,15-,18?,27?/m0/s1. The molecule has 4 rings (SSSR count). The number of fused-ring (bicyclic) bond motifs is 2. The maximum Gasteiger partial charge on any atom is 0.305 e. The molecule has 13 heteroatoms. The third kappa shape index (κ3) is 5.17. The number of amides is 3. The molecular formula is C22H25N5O7S. The molecule has 2 aliphatic rings. The van der Waals surface area contributed by atoms with Gasteiger partial charge >= 0.3 is 5.97 Å². The van der Waals surface area contributed by atoms with Crippen LogP contribution in [-0.2, 0) is 19.2 Å². The second-order valence-corrected chi connectivity index (χ2v) is 9.65. The van der Waals surface area contributed by atoms with Gasteiger partial charge in [-0.2, -0.15) is 5.01 Å². The largest absolute Gasteiger partial charge is 0.604 e. The van der Waals surface area contributed by atoms with E-state index in [0.29, 0.717) is 11.2 Å². The van der Waals surface area contributed by atoms with E-state index in [4.69, 9.17) is 5.11 Å². The lowest BCUT2D eigenvalue weighted by Crippen LogP contribution is -2.72. The Bertz CT molecular complexity index is 1140. The van der Waals surface area contributed by atoms with Crippen molar-refractivity contribution < 1.29 is 33.8 Å². The van der Waals surface area contributed by atoms with Crippen LogP contribution in [0.1, 0.15) is 28.9 Å². The summed E-state index contributed by atoms with van der Waals surface area (Å²) >= 11 is 1.29. The molecule has 2 saturated heterocycles. The van der Waals surface area contributed by atoms with Gasteiger partial charge in [-0.25, -0.2) is 4.76 Å². The molecule has 4 N–H and O–H groups in total. The van der Waals surface area contributed by atoms with Gasteiger partial charge in [0.15, 0.2) is 6.17 Å². The molecule has 186 valence electrons. The first-order valence-corrected chi connectivity index (χ1v) is 11.9. The number of hydrogen-bond acceptors (Lipinski definition) is 8. The summed E-state index contributed by atoms with van der Waals surface area (Å²) in [6.45, 7) is -0.457. The summed E-state index contributed by atoms with van der Waals surface area (Å²) in [6, 6.07) is 7.99. The number of thiophene rings is 1.